The average Bonchev–Trinajstić information content (AvgIpc) is 2.81. The molecule has 1 aromatic carbocycles. The number of aliphatic hydroxyl groups is 2. The quantitative estimate of drug-likeness (QED) is 0.654. The highest BCUT2D eigenvalue weighted by Gasteiger charge is 2.22. The highest BCUT2D eigenvalue weighted by atomic mass is 127. The van der Waals surface area contributed by atoms with Crippen LogP contribution >= 0.6 is 22.6 Å². The summed E-state index contributed by atoms with van der Waals surface area (Å²) in [6, 6.07) is 11.3. The van der Waals surface area contributed by atoms with Gasteiger partial charge in [0.05, 0.1) is 17.5 Å². The van der Waals surface area contributed by atoms with Crippen LogP contribution in [0.25, 0.3) is 5.65 Å². The van der Waals surface area contributed by atoms with Crippen molar-refractivity contribution in [3.05, 3.63) is 68.7 Å². The van der Waals surface area contributed by atoms with Gasteiger partial charge in [0.15, 0.2) is 0 Å². The number of aromatic nitrogens is 2. The summed E-state index contributed by atoms with van der Waals surface area (Å²) in [7, 11) is 0. The Balaban J connectivity index is 2.19. The van der Waals surface area contributed by atoms with Gasteiger partial charge in [0.25, 0.3) is 0 Å². The monoisotopic (exact) mass is 408 g/mol. The van der Waals surface area contributed by atoms with E-state index < -0.39 is 12.2 Å². The van der Waals surface area contributed by atoms with Crippen LogP contribution < -0.4 is 0 Å². The number of benzene rings is 1. The van der Waals surface area contributed by atoms with Crippen molar-refractivity contribution in [3.8, 4) is 0 Å². The number of pyridine rings is 1. The minimum Gasteiger partial charge on any atom is -0.389 e. The third-order valence-electron chi connectivity index (χ3n) is 3.80. The van der Waals surface area contributed by atoms with Gasteiger partial charge in [-0.05, 0) is 59.7 Å². The standard InChI is InChI=1S/C17H17IN2O2/c1-10-16(20-9-12(18)7-8-15(20)19-10)17(22)14-6-4-3-5-13(14)11(2)21/h3-9,11,17,21-22H,1-2H3. The zero-order valence-corrected chi connectivity index (χ0v) is 14.5. The predicted octanol–water partition coefficient (Wildman–Crippen LogP) is 3.38. The normalized spacial score (nSPS) is 14.2. The number of aryl methyl sites for hydroxylation is 1. The van der Waals surface area contributed by atoms with E-state index in [1.165, 1.54) is 0 Å². The molecule has 3 rings (SSSR count). The van der Waals surface area contributed by atoms with E-state index in [1.54, 1.807) is 6.92 Å². The van der Waals surface area contributed by atoms with E-state index in [0.29, 0.717) is 5.56 Å². The Labute approximate surface area is 142 Å². The Morgan fingerprint density at radius 3 is 2.45 bits per heavy atom. The molecule has 2 N–H and O–H groups in total. The fourth-order valence-electron chi connectivity index (χ4n) is 2.77. The molecule has 2 aromatic heterocycles. The van der Waals surface area contributed by atoms with Gasteiger partial charge >= 0.3 is 0 Å². The first kappa shape index (κ1) is 15.5. The third kappa shape index (κ3) is 2.64. The molecule has 5 heteroatoms. The van der Waals surface area contributed by atoms with E-state index in [1.807, 2.05) is 53.9 Å². The fraction of sp³-hybridized carbons (Fsp3) is 0.235. The van der Waals surface area contributed by atoms with Crippen molar-refractivity contribution in [2.45, 2.75) is 26.1 Å². The van der Waals surface area contributed by atoms with Crippen molar-refractivity contribution in [1.29, 1.82) is 0 Å². The number of rotatable bonds is 3. The van der Waals surface area contributed by atoms with Gasteiger partial charge in [-0.15, -0.1) is 0 Å². The van der Waals surface area contributed by atoms with Gasteiger partial charge in [0, 0.05) is 9.77 Å². The molecule has 0 saturated heterocycles. The molecule has 0 spiro atoms. The van der Waals surface area contributed by atoms with Gasteiger partial charge in [-0.1, -0.05) is 24.3 Å². The van der Waals surface area contributed by atoms with Crippen LogP contribution in [0.15, 0.2) is 42.6 Å². The van der Waals surface area contributed by atoms with Gasteiger partial charge in [-0.25, -0.2) is 4.98 Å². The van der Waals surface area contributed by atoms with Crippen molar-refractivity contribution >= 4 is 28.2 Å². The van der Waals surface area contributed by atoms with Crippen LogP contribution in [-0.2, 0) is 0 Å². The predicted molar refractivity (Wildman–Crippen MR) is 93.8 cm³/mol. The molecular formula is C17H17IN2O2. The molecular weight excluding hydrogens is 391 g/mol. The Morgan fingerprint density at radius 1 is 1.09 bits per heavy atom. The molecule has 0 bridgehead atoms. The summed E-state index contributed by atoms with van der Waals surface area (Å²) >= 11 is 2.24. The first-order valence-electron chi connectivity index (χ1n) is 7.08. The van der Waals surface area contributed by atoms with E-state index in [4.69, 9.17) is 0 Å². The molecule has 0 aliphatic heterocycles. The Kier molecular flexibility index (Phi) is 4.20. The molecule has 2 atom stereocenters. The molecule has 0 aliphatic rings. The van der Waals surface area contributed by atoms with Gasteiger partial charge < -0.3 is 10.2 Å². The Bertz CT molecular complexity index is 827. The number of halogens is 1. The summed E-state index contributed by atoms with van der Waals surface area (Å²) in [5.74, 6) is 0. The molecule has 0 amide bonds. The summed E-state index contributed by atoms with van der Waals surface area (Å²) in [6.45, 7) is 3.60. The van der Waals surface area contributed by atoms with Crippen molar-refractivity contribution < 1.29 is 10.2 Å². The van der Waals surface area contributed by atoms with E-state index >= 15 is 0 Å². The maximum absolute atomic E-state index is 10.9. The molecule has 0 saturated carbocycles. The summed E-state index contributed by atoms with van der Waals surface area (Å²) < 4.78 is 2.99. The van der Waals surface area contributed by atoms with Crippen molar-refractivity contribution in [2.75, 3.05) is 0 Å². The first-order chi connectivity index (χ1) is 10.5. The summed E-state index contributed by atoms with van der Waals surface area (Å²) in [6.07, 6.45) is 0.490. The Hall–Kier alpha value is -1.44. The van der Waals surface area contributed by atoms with Crippen LogP contribution in [0.1, 0.15) is 41.6 Å². The lowest BCUT2D eigenvalue weighted by Crippen LogP contribution is -2.09. The van der Waals surface area contributed by atoms with Gasteiger partial charge in [0.1, 0.15) is 11.8 Å². The fourth-order valence-corrected chi connectivity index (χ4v) is 3.23. The minimum atomic E-state index is -0.834. The van der Waals surface area contributed by atoms with E-state index in [0.717, 1.165) is 26.2 Å². The van der Waals surface area contributed by atoms with Crippen LogP contribution in [0.2, 0.25) is 0 Å². The second kappa shape index (κ2) is 5.98. The summed E-state index contributed by atoms with van der Waals surface area (Å²) in [5.41, 5.74) is 3.77. The second-order valence-corrected chi connectivity index (χ2v) is 6.61. The maximum Gasteiger partial charge on any atom is 0.137 e. The van der Waals surface area contributed by atoms with Crippen molar-refractivity contribution in [1.82, 2.24) is 9.38 Å². The van der Waals surface area contributed by atoms with Crippen LogP contribution in [0, 0.1) is 10.5 Å². The van der Waals surface area contributed by atoms with Crippen molar-refractivity contribution in [3.63, 3.8) is 0 Å². The molecule has 4 nitrogen and oxygen atoms in total. The molecule has 2 heterocycles. The number of imidazole rings is 1. The zero-order chi connectivity index (χ0) is 15.9. The number of hydrogen-bond acceptors (Lipinski definition) is 3. The molecule has 2 unspecified atom stereocenters. The van der Waals surface area contributed by atoms with Crippen LogP contribution in [0.4, 0.5) is 0 Å². The highest BCUT2D eigenvalue weighted by molar-refractivity contribution is 14.1. The van der Waals surface area contributed by atoms with Crippen LogP contribution in [-0.4, -0.2) is 19.6 Å². The lowest BCUT2D eigenvalue weighted by molar-refractivity contribution is 0.181. The minimum absolute atomic E-state index is 0.634. The van der Waals surface area contributed by atoms with Gasteiger partial charge in [-0.3, -0.25) is 4.40 Å². The number of fused-ring (bicyclic) bond motifs is 1. The lowest BCUT2D eigenvalue weighted by atomic mass is 9.96. The largest absolute Gasteiger partial charge is 0.389 e. The number of aliphatic hydroxyl groups excluding tert-OH is 2. The molecule has 3 aromatic rings. The molecule has 0 fully saturated rings. The van der Waals surface area contributed by atoms with Crippen LogP contribution in [0.5, 0.6) is 0 Å². The van der Waals surface area contributed by atoms with E-state index in [2.05, 4.69) is 27.6 Å². The van der Waals surface area contributed by atoms with Gasteiger partial charge in [0.2, 0.25) is 0 Å². The smallest absolute Gasteiger partial charge is 0.137 e. The first-order valence-corrected chi connectivity index (χ1v) is 8.16. The topological polar surface area (TPSA) is 57.8 Å². The van der Waals surface area contributed by atoms with Crippen molar-refractivity contribution in [2.24, 2.45) is 0 Å². The SMILES string of the molecule is Cc1nc2ccc(I)cn2c1C(O)c1ccccc1C(C)O. The summed E-state index contributed by atoms with van der Waals surface area (Å²) in [4.78, 5) is 4.51. The van der Waals surface area contributed by atoms with E-state index in [-0.39, 0.29) is 0 Å². The summed E-state index contributed by atoms with van der Waals surface area (Å²) in [5, 5.41) is 20.8. The molecule has 0 aliphatic carbocycles. The second-order valence-electron chi connectivity index (χ2n) is 5.37. The lowest BCUT2D eigenvalue weighted by Gasteiger charge is -2.18. The maximum atomic E-state index is 10.9. The molecule has 0 radical (unpaired) electrons. The number of hydrogen-bond donors (Lipinski definition) is 2. The van der Waals surface area contributed by atoms with Crippen LogP contribution in [0.3, 0.4) is 0 Å². The molecule has 114 valence electrons. The number of nitrogens with zero attached hydrogens (tertiary/aromatic N) is 2. The Morgan fingerprint density at radius 2 is 1.77 bits per heavy atom. The highest BCUT2D eigenvalue weighted by Crippen LogP contribution is 2.31. The van der Waals surface area contributed by atoms with Gasteiger partial charge in [-0.2, -0.15) is 0 Å². The van der Waals surface area contributed by atoms with E-state index in [9.17, 15) is 10.2 Å². The zero-order valence-electron chi connectivity index (χ0n) is 12.4. The molecule has 22 heavy (non-hydrogen) atoms. The average molecular weight is 408 g/mol. The third-order valence-corrected chi connectivity index (χ3v) is 4.44.